The maximum atomic E-state index is 11.5. The topological polar surface area (TPSA) is 102 Å². The van der Waals surface area contributed by atoms with Crippen molar-refractivity contribution in [3.63, 3.8) is 0 Å². The molecule has 0 aromatic rings. The molecule has 0 aliphatic carbocycles. The van der Waals surface area contributed by atoms with Crippen LogP contribution in [0.15, 0.2) is 0 Å². The Morgan fingerprint density at radius 2 is 2.18 bits per heavy atom. The predicted molar refractivity (Wildman–Crippen MR) is 67.0 cm³/mol. The van der Waals surface area contributed by atoms with Gasteiger partial charge in [0.2, 0.25) is 5.91 Å². The van der Waals surface area contributed by atoms with Gasteiger partial charge in [-0.3, -0.25) is 9.59 Å². The van der Waals surface area contributed by atoms with Crippen molar-refractivity contribution in [2.45, 2.75) is 25.0 Å². The van der Waals surface area contributed by atoms with E-state index in [0.29, 0.717) is 6.42 Å². The molecule has 0 heterocycles. The molecule has 0 radical (unpaired) electrons. The minimum Gasteiger partial charge on any atom is -0.481 e. The number of ether oxygens (including phenoxy) is 1. The highest BCUT2D eigenvalue weighted by molar-refractivity contribution is 7.98. The number of carbonyl (C=O) groups excluding carboxylic acids is 1. The summed E-state index contributed by atoms with van der Waals surface area (Å²) >= 11 is 1.62. The van der Waals surface area contributed by atoms with Crippen molar-refractivity contribution in [3.8, 4) is 0 Å². The number of aliphatic carboxylic acids is 1. The van der Waals surface area contributed by atoms with E-state index >= 15 is 0 Å². The van der Waals surface area contributed by atoms with Crippen molar-refractivity contribution in [1.82, 2.24) is 5.32 Å². The number of hydrogen-bond acceptors (Lipinski definition) is 5. The Kier molecular flexibility index (Phi) is 8.83. The van der Waals surface area contributed by atoms with Crippen LogP contribution in [0.2, 0.25) is 0 Å². The molecule has 0 rings (SSSR count). The van der Waals surface area contributed by atoms with Crippen molar-refractivity contribution in [1.29, 1.82) is 0 Å². The standard InChI is InChI=1S/C10H20N2O4S/c1-16-7(5-9(13)14)6-12-10(15)8(11)3-4-17-2/h7-8H,3-6,11H2,1-2H3,(H,12,15)(H,13,14)/t7?,8-/m0/s1. The highest BCUT2D eigenvalue weighted by atomic mass is 32.2. The van der Waals surface area contributed by atoms with Gasteiger partial charge in [-0.25, -0.2) is 0 Å². The maximum Gasteiger partial charge on any atom is 0.306 e. The number of carboxylic acids is 1. The number of methoxy groups -OCH3 is 1. The second-order valence-electron chi connectivity index (χ2n) is 3.59. The number of hydrogen-bond donors (Lipinski definition) is 3. The number of nitrogens with one attached hydrogen (secondary N) is 1. The summed E-state index contributed by atoms with van der Waals surface area (Å²) in [6.45, 7) is 0.161. The van der Waals surface area contributed by atoms with E-state index in [1.807, 2.05) is 6.26 Å². The lowest BCUT2D eigenvalue weighted by molar-refractivity contribution is -0.140. The molecule has 17 heavy (non-hydrogen) atoms. The van der Waals surface area contributed by atoms with Gasteiger partial charge in [-0.05, 0) is 18.4 Å². The Morgan fingerprint density at radius 1 is 1.53 bits per heavy atom. The third-order valence-corrected chi connectivity index (χ3v) is 2.85. The minimum atomic E-state index is -0.960. The Bertz CT molecular complexity index is 250. The SMILES string of the molecule is COC(CNC(=O)[C@@H](N)CCSC)CC(=O)O. The quantitative estimate of drug-likeness (QED) is 0.527. The molecule has 4 N–H and O–H groups in total. The Morgan fingerprint density at radius 3 is 2.65 bits per heavy atom. The Hall–Kier alpha value is -0.790. The van der Waals surface area contributed by atoms with E-state index in [4.69, 9.17) is 15.6 Å². The summed E-state index contributed by atoms with van der Waals surface area (Å²) in [6, 6.07) is -0.551. The average molecular weight is 264 g/mol. The summed E-state index contributed by atoms with van der Waals surface area (Å²) in [6.07, 6.45) is 1.88. The van der Waals surface area contributed by atoms with Crippen LogP contribution in [0.1, 0.15) is 12.8 Å². The number of carbonyl (C=O) groups is 2. The molecule has 0 fully saturated rings. The lowest BCUT2D eigenvalue weighted by Gasteiger charge is -2.16. The van der Waals surface area contributed by atoms with Gasteiger partial charge >= 0.3 is 5.97 Å². The molecule has 0 aliphatic rings. The van der Waals surface area contributed by atoms with Gasteiger partial charge in [0.05, 0.1) is 18.6 Å². The van der Waals surface area contributed by atoms with E-state index in [9.17, 15) is 9.59 Å². The van der Waals surface area contributed by atoms with Gasteiger partial charge in [0.25, 0.3) is 0 Å². The zero-order valence-corrected chi connectivity index (χ0v) is 11.0. The van der Waals surface area contributed by atoms with Crippen LogP contribution < -0.4 is 11.1 Å². The third kappa shape index (κ3) is 8.00. The lowest BCUT2D eigenvalue weighted by atomic mass is 10.2. The fourth-order valence-corrected chi connectivity index (χ4v) is 1.64. The van der Waals surface area contributed by atoms with Crippen molar-refractivity contribution in [2.24, 2.45) is 5.73 Å². The highest BCUT2D eigenvalue weighted by Gasteiger charge is 2.16. The predicted octanol–water partition coefficient (Wildman–Crippen LogP) is -0.327. The summed E-state index contributed by atoms with van der Waals surface area (Å²) in [4.78, 5) is 22.0. The first-order valence-corrected chi connectivity index (χ1v) is 6.67. The molecule has 0 saturated heterocycles. The summed E-state index contributed by atoms with van der Waals surface area (Å²) in [5.41, 5.74) is 5.65. The molecule has 2 atom stereocenters. The molecular formula is C10H20N2O4S. The van der Waals surface area contributed by atoms with Crippen LogP contribution in [0.4, 0.5) is 0 Å². The number of rotatable bonds is 9. The first-order chi connectivity index (χ1) is 8.01. The molecule has 7 heteroatoms. The van der Waals surface area contributed by atoms with Crippen molar-refractivity contribution in [2.75, 3.05) is 25.7 Å². The van der Waals surface area contributed by atoms with E-state index in [-0.39, 0.29) is 18.9 Å². The summed E-state index contributed by atoms with van der Waals surface area (Å²) in [5, 5.41) is 11.2. The van der Waals surface area contributed by atoms with Crippen LogP contribution in [0.25, 0.3) is 0 Å². The van der Waals surface area contributed by atoms with E-state index in [0.717, 1.165) is 5.75 Å². The molecule has 0 bridgehead atoms. The second-order valence-corrected chi connectivity index (χ2v) is 4.57. The number of amides is 1. The molecular weight excluding hydrogens is 244 g/mol. The van der Waals surface area contributed by atoms with E-state index in [1.165, 1.54) is 7.11 Å². The lowest BCUT2D eigenvalue weighted by Crippen LogP contribution is -2.44. The van der Waals surface area contributed by atoms with Crippen molar-refractivity contribution < 1.29 is 19.4 Å². The van der Waals surface area contributed by atoms with Gasteiger partial charge in [0.15, 0.2) is 0 Å². The fraction of sp³-hybridized carbons (Fsp3) is 0.800. The largest absolute Gasteiger partial charge is 0.481 e. The molecule has 0 aliphatic heterocycles. The average Bonchev–Trinajstić information content (AvgIpc) is 2.30. The Labute approximate surface area is 105 Å². The molecule has 6 nitrogen and oxygen atoms in total. The first-order valence-electron chi connectivity index (χ1n) is 5.28. The van der Waals surface area contributed by atoms with Gasteiger partial charge < -0.3 is 20.9 Å². The highest BCUT2D eigenvalue weighted by Crippen LogP contribution is 2.00. The van der Waals surface area contributed by atoms with Gasteiger partial charge in [0, 0.05) is 13.7 Å². The normalized spacial score (nSPS) is 14.1. The van der Waals surface area contributed by atoms with E-state index in [1.54, 1.807) is 11.8 Å². The third-order valence-electron chi connectivity index (χ3n) is 2.21. The van der Waals surface area contributed by atoms with E-state index in [2.05, 4.69) is 5.32 Å². The minimum absolute atomic E-state index is 0.142. The number of carboxylic acid groups (broad SMARTS) is 1. The summed E-state index contributed by atoms with van der Waals surface area (Å²) in [5.74, 6) is -0.415. The molecule has 0 aromatic carbocycles. The fourth-order valence-electron chi connectivity index (χ4n) is 1.16. The zero-order valence-electron chi connectivity index (χ0n) is 10.1. The van der Waals surface area contributed by atoms with Crippen molar-refractivity contribution >= 4 is 23.6 Å². The molecule has 0 spiro atoms. The van der Waals surface area contributed by atoms with Crippen LogP contribution in [-0.2, 0) is 14.3 Å². The van der Waals surface area contributed by atoms with Gasteiger partial charge in [-0.2, -0.15) is 11.8 Å². The summed E-state index contributed by atoms with van der Waals surface area (Å²) < 4.78 is 4.93. The van der Waals surface area contributed by atoms with Crippen LogP contribution in [0, 0.1) is 0 Å². The monoisotopic (exact) mass is 264 g/mol. The molecule has 0 aromatic heterocycles. The van der Waals surface area contributed by atoms with Crippen molar-refractivity contribution in [3.05, 3.63) is 0 Å². The van der Waals surface area contributed by atoms with Crippen LogP contribution >= 0.6 is 11.8 Å². The van der Waals surface area contributed by atoms with E-state index < -0.39 is 18.1 Å². The molecule has 1 amide bonds. The molecule has 0 saturated carbocycles. The molecule has 100 valence electrons. The van der Waals surface area contributed by atoms with Gasteiger partial charge in [-0.15, -0.1) is 0 Å². The number of nitrogens with two attached hydrogens (primary N) is 1. The zero-order chi connectivity index (χ0) is 13.3. The van der Waals surface area contributed by atoms with Crippen LogP contribution in [0.3, 0.4) is 0 Å². The van der Waals surface area contributed by atoms with Gasteiger partial charge in [0.1, 0.15) is 0 Å². The Balaban J connectivity index is 3.90. The number of thioether (sulfide) groups is 1. The summed E-state index contributed by atoms with van der Waals surface area (Å²) in [7, 11) is 1.41. The van der Waals surface area contributed by atoms with Gasteiger partial charge in [-0.1, -0.05) is 0 Å². The maximum absolute atomic E-state index is 11.5. The van der Waals surface area contributed by atoms with Crippen LogP contribution in [-0.4, -0.2) is 54.8 Å². The smallest absolute Gasteiger partial charge is 0.306 e. The van der Waals surface area contributed by atoms with Crippen LogP contribution in [0.5, 0.6) is 0 Å². The first kappa shape index (κ1) is 16.2. The second kappa shape index (κ2) is 9.26. The molecule has 1 unspecified atom stereocenters.